The summed E-state index contributed by atoms with van der Waals surface area (Å²) in [5.74, 6) is 0.798. The van der Waals surface area contributed by atoms with E-state index in [1.165, 1.54) is 12.8 Å². The standard InChI is InChI=1S/C14H21N3OS/c1-17(10-12-2-6-15-7-3-12)14(18)11-19-13-4-8-16-9-5-13/h2-3,6-7,13,16H,4-5,8-11H2,1H3. The summed E-state index contributed by atoms with van der Waals surface area (Å²) in [5.41, 5.74) is 1.12. The Morgan fingerprint density at radius 3 is 2.79 bits per heavy atom. The summed E-state index contributed by atoms with van der Waals surface area (Å²) in [6.45, 7) is 2.82. The Bertz CT molecular complexity index is 393. The van der Waals surface area contributed by atoms with Crippen LogP contribution in [0.5, 0.6) is 0 Å². The molecule has 1 amide bonds. The molecule has 1 aliphatic heterocycles. The predicted octanol–water partition coefficient (Wildman–Crippen LogP) is 1.53. The molecule has 104 valence electrons. The van der Waals surface area contributed by atoms with Crippen LogP contribution < -0.4 is 5.32 Å². The molecule has 0 atom stereocenters. The third kappa shape index (κ3) is 4.84. The van der Waals surface area contributed by atoms with Gasteiger partial charge in [-0.05, 0) is 43.6 Å². The number of thioether (sulfide) groups is 1. The van der Waals surface area contributed by atoms with Crippen molar-refractivity contribution >= 4 is 17.7 Å². The minimum atomic E-state index is 0.209. The van der Waals surface area contributed by atoms with Crippen LogP contribution in [-0.4, -0.2) is 46.9 Å². The number of piperidine rings is 1. The Morgan fingerprint density at radius 1 is 1.42 bits per heavy atom. The monoisotopic (exact) mass is 279 g/mol. The highest BCUT2D eigenvalue weighted by Gasteiger charge is 2.16. The molecule has 1 aromatic heterocycles. The maximum absolute atomic E-state index is 12.1. The number of aromatic nitrogens is 1. The number of hydrogen-bond donors (Lipinski definition) is 1. The lowest BCUT2D eigenvalue weighted by molar-refractivity contribution is -0.127. The lowest BCUT2D eigenvalue weighted by Crippen LogP contribution is -2.32. The molecule has 0 spiro atoms. The Labute approximate surface area is 119 Å². The molecule has 0 radical (unpaired) electrons. The van der Waals surface area contributed by atoms with Crippen LogP contribution in [0.1, 0.15) is 18.4 Å². The van der Waals surface area contributed by atoms with E-state index in [9.17, 15) is 4.79 Å². The van der Waals surface area contributed by atoms with Gasteiger partial charge in [-0.3, -0.25) is 9.78 Å². The van der Waals surface area contributed by atoms with E-state index in [1.54, 1.807) is 29.1 Å². The van der Waals surface area contributed by atoms with Gasteiger partial charge in [0.15, 0.2) is 0 Å². The van der Waals surface area contributed by atoms with Crippen LogP contribution >= 0.6 is 11.8 Å². The second-order valence-electron chi connectivity index (χ2n) is 4.87. The van der Waals surface area contributed by atoms with Gasteiger partial charge in [-0.2, -0.15) is 0 Å². The molecule has 0 unspecified atom stereocenters. The van der Waals surface area contributed by atoms with Gasteiger partial charge in [-0.25, -0.2) is 0 Å². The highest BCUT2D eigenvalue weighted by atomic mass is 32.2. The smallest absolute Gasteiger partial charge is 0.232 e. The Hall–Kier alpha value is -1.07. The van der Waals surface area contributed by atoms with Crippen molar-refractivity contribution in [2.24, 2.45) is 0 Å². The molecule has 1 saturated heterocycles. The fraction of sp³-hybridized carbons (Fsp3) is 0.571. The molecular weight excluding hydrogens is 258 g/mol. The van der Waals surface area contributed by atoms with Gasteiger partial charge in [0.05, 0.1) is 5.75 Å². The lowest BCUT2D eigenvalue weighted by Gasteiger charge is -2.23. The molecule has 1 aliphatic rings. The quantitative estimate of drug-likeness (QED) is 0.888. The Kier molecular flexibility index (Phi) is 5.66. The Balaban J connectivity index is 1.73. The van der Waals surface area contributed by atoms with E-state index in [4.69, 9.17) is 0 Å². The molecule has 2 heterocycles. The van der Waals surface area contributed by atoms with E-state index in [2.05, 4.69) is 10.3 Å². The van der Waals surface area contributed by atoms with Crippen molar-refractivity contribution in [1.29, 1.82) is 0 Å². The third-order valence-electron chi connectivity index (χ3n) is 3.32. The average molecular weight is 279 g/mol. The van der Waals surface area contributed by atoms with E-state index in [-0.39, 0.29) is 5.91 Å². The number of amides is 1. The number of carbonyl (C=O) groups is 1. The summed E-state index contributed by atoms with van der Waals surface area (Å²) in [6, 6.07) is 3.90. The molecule has 2 rings (SSSR count). The fourth-order valence-electron chi connectivity index (χ4n) is 2.11. The number of nitrogens with one attached hydrogen (secondary N) is 1. The number of rotatable bonds is 5. The van der Waals surface area contributed by atoms with Crippen LogP contribution in [0.2, 0.25) is 0 Å². The molecule has 1 N–H and O–H groups in total. The predicted molar refractivity (Wildman–Crippen MR) is 79.1 cm³/mol. The number of nitrogens with zero attached hydrogens (tertiary/aromatic N) is 2. The van der Waals surface area contributed by atoms with E-state index >= 15 is 0 Å². The van der Waals surface area contributed by atoms with Crippen molar-refractivity contribution in [3.8, 4) is 0 Å². The van der Waals surface area contributed by atoms with Crippen LogP contribution in [0.3, 0.4) is 0 Å². The van der Waals surface area contributed by atoms with E-state index in [0.717, 1.165) is 18.7 Å². The van der Waals surface area contributed by atoms with Gasteiger partial charge in [-0.1, -0.05) is 0 Å². The summed E-state index contributed by atoms with van der Waals surface area (Å²) in [6.07, 6.45) is 5.87. The highest BCUT2D eigenvalue weighted by molar-refractivity contribution is 8.00. The summed E-state index contributed by atoms with van der Waals surface area (Å²) < 4.78 is 0. The fourth-order valence-corrected chi connectivity index (χ4v) is 3.28. The van der Waals surface area contributed by atoms with E-state index < -0.39 is 0 Å². The minimum Gasteiger partial charge on any atom is -0.341 e. The van der Waals surface area contributed by atoms with Crippen LogP contribution in [0.25, 0.3) is 0 Å². The average Bonchev–Trinajstić information content (AvgIpc) is 2.47. The van der Waals surface area contributed by atoms with Gasteiger partial charge >= 0.3 is 0 Å². The highest BCUT2D eigenvalue weighted by Crippen LogP contribution is 2.20. The molecule has 1 fully saturated rings. The van der Waals surface area contributed by atoms with Gasteiger partial charge in [0.2, 0.25) is 5.91 Å². The molecule has 4 nitrogen and oxygen atoms in total. The number of hydrogen-bond acceptors (Lipinski definition) is 4. The zero-order valence-electron chi connectivity index (χ0n) is 11.3. The van der Waals surface area contributed by atoms with Gasteiger partial charge in [0.1, 0.15) is 0 Å². The second kappa shape index (κ2) is 7.50. The third-order valence-corrected chi connectivity index (χ3v) is 4.68. The summed E-state index contributed by atoms with van der Waals surface area (Å²) >= 11 is 1.80. The molecule has 19 heavy (non-hydrogen) atoms. The first kappa shape index (κ1) is 14.3. The van der Waals surface area contributed by atoms with Crippen molar-refractivity contribution in [3.05, 3.63) is 30.1 Å². The summed E-state index contributed by atoms with van der Waals surface area (Å²) in [5, 5.41) is 3.98. The minimum absolute atomic E-state index is 0.209. The van der Waals surface area contributed by atoms with Gasteiger partial charge in [0.25, 0.3) is 0 Å². The largest absolute Gasteiger partial charge is 0.341 e. The topological polar surface area (TPSA) is 45.2 Å². The van der Waals surface area contributed by atoms with Crippen LogP contribution in [0, 0.1) is 0 Å². The first-order valence-electron chi connectivity index (χ1n) is 6.71. The number of pyridine rings is 1. The van der Waals surface area contributed by atoms with Crippen molar-refractivity contribution in [1.82, 2.24) is 15.2 Å². The number of carbonyl (C=O) groups excluding carboxylic acids is 1. The molecule has 5 heteroatoms. The van der Waals surface area contributed by atoms with Crippen molar-refractivity contribution < 1.29 is 4.79 Å². The van der Waals surface area contributed by atoms with Gasteiger partial charge in [-0.15, -0.1) is 11.8 Å². The van der Waals surface area contributed by atoms with Crippen LogP contribution in [0.15, 0.2) is 24.5 Å². The second-order valence-corrected chi connectivity index (χ2v) is 6.15. The zero-order valence-corrected chi connectivity index (χ0v) is 12.2. The van der Waals surface area contributed by atoms with Crippen molar-refractivity contribution in [3.63, 3.8) is 0 Å². The zero-order chi connectivity index (χ0) is 13.5. The van der Waals surface area contributed by atoms with Gasteiger partial charge in [0, 0.05) is 31.2 Å². The normalized spacial score (nSPS) is 16.3. The Morgan fingerprint density at radius 2 is 2.11 bits per heavy atom. The van der Waals surface area contributed by atoms with Crippen molar-refractivity contribution in [2.45, 2.75) is 24.6 Å². The van der Waals surface area contributed by atoms with E-state index in [1.807, 2.05) is 19.2 Å². The molecule has 0 aromatic carbocycles. The molecule has 1 aromatic rings. The maximum Gasteiger partial charge on any atom is 0.232 e. The molecule has 0 aliphatic carbocycles. The lowest BCUT2D eigenvalue weighted by atomic mass is 10.2. The van der Waals surface area contributed by atoms with Gasteiger partial charge < -0.3 is 10.2 Å². The van der Waals surface area contributed by atoms with Crippen molar-refractivity contribution in [2.75, 3.05) is 25.9 Å². The van der Waals surface area contributed by atoms with Crippen LogP contribution in [0.4, 0.5) is 0 Å². The van der Waals surface area contributed by atoms with Crippen LogP contribution in [-0.2, 0) is 11.3 Å². The maximum atomic E-state index is 12.1. The first-order valence-corrected chi connectivity index (χ1v) is 7.76. The molecule has 0 saturated carbocycles. The SMILES string of the molecule is CN(Cc1ccncc1)C(=O)CSC1CCNCC1. The first-order chi connectivity index (χ1) is 9.25. The summed E-state index contributed by atoms with van der Waals surface area (Å²) in [7, 11) is 1.87. The summed E-state index contributed by atoms with van der Waals surface area (Å²) in [4.78, 5) is 17.8. The van der Waals surface area contributed by atoms with E-state index in [0.29, 0.717) is 17.5 Å². The molecular formula is C14H21N3OS. The molecule has 0 bridgehead atoms.